The van der Waals surface area contributed by atoms with Crippen LogP contribution in [0.3, 0.4) is 0 Å². The smallest absolute Gasteiger partial charge is 0.0949 e. The summed E-state index contributed by atoms with van der Waals surface area (Å²) in [5.74, 6) is 1.68. The molecule has 2 fully saturated rings. The van der Waals surface area contributed by atoms with Crippen molar-refractivity contribution in [2.24, 2.45) is 11.8 Å². The van der Waals surface area contributed by atoms with E-state index in [1.165, 1.54) is 135 Å². The number of allylic oxidation sites excluding steroid dienone is 4. The van der Waals surface area contributed by atoms with E-state index >= 15 is 0 Å². The monoisotopic (exact) mass is 791 g/mol. The van der Waals surface area contributed by atoms with Gasteiger partial charge in [-0.2, -0.15) is 0 Å². The van der Waals surface area contributed by atoms with Gasteiger partial charge in [0.1, 0.15) is 0 Å². The first-order chi connectivity index (χ1) is 29.2. The lowest BCUT2D eigenvalue weighted by molar-refractivity contribution is 0.190. The Bertz CT molecular complexity index is 2690. The summed E-state index contributed by atoms with van der Waals surface area (Å²) in [6.45, 7) is 16.1. The molecule has 5 heteroatoms. The molecular weight excluding hydrogens is 731 g/mol. The lowest BCUT2D eigenvalue weighted by Crippen LogP contribution is -2.39. The molecule has 1 unspecified atom stereocenters. The third-order valence-electron chi connectivity index (χ3n) is 16.0. The highest BCUT2D eigenvalue weighted by molar-refractivity contribution is 6.12. The summed E-state index contributed by atoms with van der Waals surface area (Å²) < 4.78 is 2.58. The maximum atomic E-state index is 2.72. The molecule has 0 amide bonds. The summed E-state index contributed by atoms with van der Waals surface area (Å²) in [4.78, 5) is 10.6. The Kier molecular flexibility index (Phi) is 8.99. The van der Waals surface area contributed by atoms with Crippen LogP contribution in [-0.2, 0) is 5.41 Å². The summed E-state index contributed by atoms with van der Waals surface area (Å²) >= 11 is 0. The zero-order valence-electron chi connectivity index (χ0n) is 36.6. The molecule has 60 heavy (non-hydrogen) atoms. The predicted molar refractivity (Wildman–Crippen MR) is 251 cm³/mol. The summed E-state index contributed by atoms with van der Waals surface area (Å²) in [5, 5.41) is 2.62. The number of anilines is 2. The van der Waals surface area contributed by atoms with E-state index in [4.69, 9.17) is 0 Å². The van der Waals surface area contributed by atoms with E-state index in [2.05, 4.69) is 181 Å². The van der Waals surface area contributed by atoms with E-state index < -0.39 is 5.41 Å². The van der Waals surface area contributed by atoms with E-state index in [9.17, 15) is 0 Å². The Labute approximate surface area is 357 Å². The van der Waals surface area contributed by atoms with Crippen molar-refractivity contribution in [1.29, 1.82) is 0 Å². The number of rotatable bonds is 6. The molecule has 1 aromatic heterocycles. The van der Waals surface area contributed by atoms with Crippen molar-refractivity contribution in [3.05, 3.63) is 160 Å². The molecule has 0 N–H and O–H groups in total. The molecule has 306 valence electrons. The van der Waals surface area contributed by atoms with Gasteiger partial charge in [0.15, 0.2) is 0 Å². The van der Waals surface area contributed by atoms with E-state index in [0.29, 0.717) is 12.1 Å². The quantitative estimate of drug-likeness (QED) is 0.167. The zero-order valence-corrected chi connectivity index (χ0v) is 36.6. The highest BCUT2D eigenvalue weighted by atomic mass is 15.4. The number of benzene rings is 5. The van der Waals surface area contributed by atoms with Gasteiger partial charge in [0.2, 0.25) is 0 Å². The van der Waals surface area contributed by atoms with Crippen LogP contribution >= 0.6 is 0 Å². The average molecular weight is 792 g/mol. The fourth-order valence-corrected chi connectivity index (χ4v) is 12.3. The van der Waals surface area contributed by atoms with Crippen molar-refractivity contribution in [2.45, 2.75) is 110 Å². The number of nitrogens with zero attached hydrogens (tertiary/aromatic N) is 5. The lowest BCUT2D eigenvalue weighted by atomic mass is 9.63. The third kappa shape index (κ3) is 5.56. The molecule has 5 aromatic carbocycles. The minimum absolute atomic E-state index is 0.580. The van der Waals surface area contributed by atoms with Crippen LogP contribution in [0.2, 0.25) is 0 Å². The first kappa shape index (κ1) is 37.6. The number of para-hydroxylation sites is 2. The predicted octanol–water partition coefficient (Wildman–Crippen LogP) is 13.3. The molecule has 0 radical (unpaired) electrons. The summed E-state index contributed by atoms with van der Waals surface area (Å²) in [5.41, 5.74) is 16.7. The van der Waals surface area contributed by atoms with Gasteiger partial charge in [-0.15, -0.1) is 0 Å². The molecule has 6 aromatic rings. The third-order valence-corrected chi connectivity index (χ3v) is 16.0. The maximum absolute atomic E-state index is 2.72. The summed E-state index contributed by atoms with van der Waals surface area (Å²) in [6, 6.07) is 45.8. The van der Waals surface area contributed by atoms with Gasteiger partial charge in [-0.1, -0.05) is 92.7 Å². The Hall–Kier alpha value is -5.42. The van der Waals surface area contributed by atoms with E-state index in [0.717, 1.165) is 25.2 Å². The van der Waals surface area contributed by atoms with E-state index in [1.54, 1.807) is 0 Å². The molecule has 0 saturated heterocycles. The van der Waals surface area contributed by atoms with Crippen LogP contribution in [0.25, 0.3) is 27.5 Å². The molecule has 1 atom stereocenters. The fourth-order valence-electron chi connectivity index (χ4n) is 12.3. The summed E-state index contributed by atoms with van der Waals surface area (Å²) in [7, 11) is 0. The van der Waals surface area contributed by atoms with E-state index in [1.807, 2.05) is 0 Å². The van der Waals surface area contributed by atoms with Gasteiger partial charge in [-0.25, -0.2) is 0 Å². The molecule has 2 saturated carbocycles. The zero-order chi connectivity index (χ0) is 40.9. The maximum Gasteiger partial charge on any atom is 0.0949 e. The molecule has 2 aliphatic carbocycles. The Morgan fingerprint density at radius 2 is 1.02 bits per heavy atom. The highest BCUT2D eigenvalue weighted by Crippen LogP contribution is 2.56. The summed E-state index contributed by atoms with van der Waals surface area (Å²) in [6.07, 6.45) is 10.5. The molecule has 4 heterocycles. The SMILES string of the molecule is CC1=C(C)N(C2CCC(C)CC2)CN1c1cccc(C2(c3ccccc3)c3cc(N4CN(C5CCC(C)CC5)C(C)=C4C)ccc3-n3c4ccccc4c4cccc2c43)c1. The minimum atomic E-state index is -0.580. The second-order valence-electron chi connectivity index (χ2n) is 19.2. The average Bonchev–Trinajstić information content (AvgIpc) is 3.90. The van der Waals surface area contributed by atoms with Crippen molar-refractivity contribution in [3.8, 4) is 5.69 Å². The number of fused-ring (bicyclic) bond motifs is 5. The van der Waals surface area contributed by atoms with E-state index in [-0.39, 0.29) is 0 Å². The van der Waals surface area contributed by atoms with Crippen LogP contribution in [0.4, 0.5) is 11.4 Å². The molecular formula is C55H61N5. The number of aromatic nitrogens is 1. The molecule has 5 nitrogen and oxygen atoms in total. The van der Waals surface area contributed by atoms with Crippen molar-refractivity contribution < 1.29 is 0 Å². The molecule has 0 spiro atoms. The number of hydrogen-bond acceptors (Lipinski definition) is 4. The van der Waals surface area contributed by atoms with Gasteiger partial charge in [0.05, 0.1) is 35.5 Å². The van der Waals surface area contributed by atoms with Crippen LogP contribution < -0.4 is 9.80 Å². The van der Waals surface area contributed by atoms with Crippen LogP contribution in [-0.4, -0.2) is 39.8 Å². The van der Waals surface area contributed by atoms with Gasteiger partial charge in [-0.3, -0.25) is 0 Å². The van der Waals surface area contributed by atoms with Crippen LogP contribution in [0.15, 0.2) is 138 Å². The van der Waals surface area contributed by atoms with Crippen molar-refractivity contribution >= 4 is 33.2 Å². The van der Waals surface area contributed by atoms with Gasteiger partial charge in [0, 0.05) is 57.0 Å². The second kappa shape index (κ2) is 14.4. The normalized spacial score (nSPS) is 25.6. The van der Waals surface area contributed by atoms with Gasteiger partial charge < -0.3 is 24.2 Å². The topological polar surface area (TPSA) is 17.9 Å². The molecule has 5 aliphatic rings. The highest BCUT2D eigenvalue weighted by Gasteiger charge is 2.46. The van der Waals surface area contributed by atoms with Crippen LogP contribution in [0, 0.1) is 11.8 Å². The standard InChI is InChI=1S/C55H61N5/c1-36-22-26-44(27-23-36)56-34-58(40(5)38(56)3)46-17-12-16-43(32-46)55(42-14-8-7-9-15-42)50-20-13-19-49-48-18-10-11-21-52(48)60(54(49)50)53-31-30-47(33-51(53)55)59-35-57(39(4)41(59)6)45-28-24-37(2)25-29-45/h7-21,30-33,36-37,44-45H,22-29,34-35H2,1-6H3. The second-order valence-corrected chi connectivity index (χ2v) is 19.2. The Balaban J connectivity index is 1.12. The van der Waals surface area contributed by atoms with Gasteiger partial charge >= 0.3 is 0 Å². The molecule has 3 aliphatic heterocycles. The fraction of sp³-hybridized carbons (Fsp3) is 0.382. The van der Waals surface area contributed by atoms with Crippen molar-refractivity contribution in [3.63, 3.8) is 0 Å². The van der Waals surface area contributed by atoms with Gasteiger partial charge in [0.25, 0.3) is 0 Å². The lowest BCUT2D eigenvalue weighted by Gasteiger charge is -2.43. The molecule has 11 rings (SSSR count). The van der Waals surface area contributed by atoms with Crippen LogP contribution in [0.5, 0.6) is 0 Å². The first-order valence-corrected chi connectivity index (χ1v) is 23.0. The van der Waals surface area contributed by atoms with Gasteiger partial charge in [-0.05, 0) is 150 Å². The van der Waals surface area contributed by atoms with Crippen molar-refractivity contribution in [2.75, 3.05) is 23.1 Å². The first-order valence-electron chi connectivity index (χ1n) is 23.0. The van der Waals surface area contributed by atoms with Crippen molar-refractivity contribution in [1.82, 2.24) is 14.4 Å². The van der Waals surface area contributed by atoms with Crippen LogP contribution in [0.1, 0.15) is 115 Å². The molecule has 0 bridgehead atoms. The largest absolute Gasteiger partial charge is 0.353 e. The Morgan fingerprint density at radius 1 is 0.467 bits per heavy atom. The Morgan fingerprint density at radius 3 is 1.67 bits per heavy atom. The minimum Gasteiger partial charge on any atom is -0.353 e. The number of hydrogen-bond donors (Lipinski definition) is 0.